The van der Waals surface area contributed by atoms with Crippen LogP contribution in [0.3, 0.4) is 0 Å². The molecule has 1 saturated heterocycles. The van der Waals surface area contributed by atoms with Crippen molar-refractivity contribution in [3.63, 3.8) is 0 Å². The van der Waals surface area contributed by atoms with Crippen molar-refractivity contribution in [3.8, 4) is 0 Å². The van der Waals surface area contributed by atoms with Crippen LogP contribution in [0.25, 0.3) is 0 Å². The summed E-state index contributed by atoms with van der Waals surface area (Å²) < 4.78 is 5.77. The molecule has 1 heterocycles. The largest absolute Gasteiger partial charge is 0.372 e. The van der Waals surface area contributed by atoms with E-state index < -0.39 is 6.04 Å². The van der Waals surface area contributed by atoms with Gasteiger partial charge in [-0.1, -0.05) is 37.3 Å². The zero-order valence-corrected chi connectivity index (χ0v) is 11.6. The molecule has 4 heteroatoms. The minimum Gasteiger partial charge on any atom is -0.372 e. The van der Waals surface area contributed by atoms with Gasteiger partial charge in [0, 0.05) is 13.1 Å². The smallest absolute Gasteiger partial charge is 0.244 e. The highest BCUT2D eigenvalue weighted by Gasteiger charge is 2.30. The molecule has 0 aliphatic carbocycles. The van der Waals surface area contributed by atoms with Crippen molar-refractivity contribution in [3.05, 3.63) is 35.9 Å². The molecule has 4 nitrogen and oxygen atoms in total. The Balaban J connectivity index is 2.06. The van der Waals surface area contributed by atoms with Crippen LogP contribution in [0, 0.1) is 0 Å². The maximum absolute atomic E-state index is 12.5. The molecule has 0 spiro atoms. The molecular formula is C15H22N2O2. The molecule has 1 aliphatic heterocycles. The second-order valence-corrected chi connectivity index (χ2v) is 5.11. The summed E-state index contributed by atoms with van der Waals surface area (Å²) in [6.07, 6.45) is 1.11. The predicted octanol–water partition coefficient (Wildman–Crippen LogP) is 1.71. The number of carbonyl (C=O) groups is 1. The lowest BCUT2D eigenvalue weighted by Gasteiger charge is -2.37. The van der Waals surface area contributed by atoms with Gasteiger partial charge in [-0.2, -0.15) is 0 Å². The summed E-state index contributed by atoms with van der Waals surface area (Å²) in [5.41, 5.74) is 6.93. The highest BCUT2D eigenvalue weighted by molar-refractivity contribution is 5.83. The number of hydrogen-bond donors (Lipinski definition) is 1. The molecular weight excluding hydrogens is 240 g/mol. The molecule has 3 unspecified atom stereocenters. The van der Waals surface area contributed by atoms with E-state index in [-0.39, 0.29) is 18.1 Å². The van der Waals surface area contributed by atoms with Gasteiger partial charge >= 0.3 is 0 Å². The van der Waals surface area contributed by atoms with Crippen LogP contribution in [-0.2, 0) is 9.53 Å². The van der Waals surface area contributed by atoms with Gasteiger partial charge in [-0.25, -0.2) is 0 Å². The Morgan fingerprint density at radius 3 is 2.74 bits per heavy atom. The van der Waals surface area contributed by atoms with E-state index in [9.17, 15) is 4.79 Å². The number of morpholine rings is 1. The van der Waals surface area contributed by atoms with Crippen LogP contribution in [-0.4, -0.2) is 36.1 Å². The van der Waals surface area contributed by atoms with Crippen LogP contribution in [0.15, 0.2) is 30.3 Å². The Morgan fingerprint density at radius 1 is 1.42 bits per heavy atom. The summed E-state index contributed by atoms with van der Waals surface area (Å²) in [6, 6.07) is 8.93. The van der Waals surface area contributed by atoms with Gasteiger partial charge in [-0.15, -0.1) is 0 Å². The van der Waals surface area contributed by atoms with E-state index in [4.69, 9.17) is 10.5 Å². The number of nitrogens with two attached hydrogens (primary N) is 1. The number of carbonyl (C=O) groups excluding carboxylic acids is 1. The second kappa shape index (κ2) is 6.17. The average molecular weight is 262 g/mol. The summed E-state index contributed by atoms with van der Waals surface area (Å²) >= 11 is 0. The maximum Gasteiger partial charge on any atom is 0.244 e. The second-order valence-electron chi connectivity index (χ2n) is 5.11. The van der Waals surface area contributed by atoms with Crippen LogP contribution < -0.4 is 5.73 Å². The monoisotopic (exact) mass is 262 g/mol. The molecule has 0 saturated carbocycles. The van der Waals surface area contributed by atoms with Crippen molar-refractivity contribution >= 4 is 5.91 Å². The topological polar surface area (TPSA) is 55.6 Å². The van der Waals surface area contributed by atoms with Gasteiger partial charge in [0.05, 0.1) is 12.2 Å². The fourth-order valence-corrected chi connectivity index (χ4v) is 2.45. The first-order chi connectivity index (χ1) is 9.11. The lowest BCUT2D eigenvalue weighted by molar-refractivity contribution is -0.146. The lowest BCUT2D eigenvalue weighted by atomic mass is 10.1. The number of hydrogen-bond acceptors (Lipinski definition) is 3. The highest BCUT2D eigenvalue weighted by Crippen LogP contribution is 2.18. The quantitative estimate of drug-likeness (QED) is 0.902. The van der Waals surface area contributed by atoms with Crippen LogP contribution in [0.4, 0.5) is 0 Å². The molecule has 1 aliphatic rings. The fraction of sp³-hybridized carbons (Fsp3) is 0.533. The Labute approximate surface area is 114 Å². The van der Waals surface area contributed by atoms with Gasteiger partial charge in [0.25, 0.3) is 0 Å². The van der Waals surface area contributed by atoms with Gasteiger partial charge in [-0.3, -0.25) is 4.79 Å². The minimum absolute atomic E-state index is 0.0141. The van der Waals surface area contributed by atoms with Crippen LogP contribution in [0.2, 0.25) is 0 Å². The Kier molecular flexibility index (Phi) is 4.56. The summed E-state index contributed by atoms with van der Waals surface area (Å²) in [7, 11) is 0. The minimum atomic E-state index is -0.580. The third-order valence-electron chi connectivity index (χ3n) is 3.52. The van der Waals surface area contributed by atoms with Gasteiger partial charge in [0.15, 0.2) is 0 Å². The number of benzene rings is 1. The maximum atomic E-state index is 12.5. The number of ether oxygens (including phenoxy) is 1. The molecule has 2 rings (SSSR count). The number of amides is 1. The van der Waals surface area contributed by atoms with E-state index >= 15 is 0 Å². The first-order valence-electron chi connectivity index (χ1n) is 6.86. The molecule has 0 radical (unpaired) electrons. The zero-order chi connectivity index (χ0) is 13.8. The van der Waals surface area contributed by atoms with Crippen molar-refractivity contribution in [2.45, 2.75) is 38.5 Å². The fourth-order valence-electron chi connectivity index (χ4n) is 2.45. The van der Waals surface area contributed by atoms with Gasteiger partial charge in [-0.05, 0) is 18.9 Å². The van der Waals surface area contributed by atoms with E-state index in [1.54, 1.807) is 0 Å². The summed E-state index contributed by atoms with van der Waals surface area (Å²) in [5.74, 6) is -0.0141. The third kappa shape index (κ3) is 3.33. The van der Waals surface area contributed by atoms with Gasteiger partial charge in [0.1, 0.15) is 6.04 Å². The standard InChI is InChI=1S/C15H22N2O2/c1-3-13-10-17(9-11(2)19-13)15(18)14(16)12-7-5-4-6-8-12/h4-8,11,13-14H,3,9-10,16H2,1-2H3. The number of nitrogens with zero attached hydrogens (tertiary/aromatic N) is 1. The van der Waals surface area contributed by atoms with Gasteiger partial charge < -0.3 is 15.4 Å². The van der Waals surface area contributed by atoms with E-state index in [1.165, 1.54) is 0 Å². The normalized spacial score (nSPS) is 25.1. The molecule has 3 atom stereocenters. The molecule has 1 fully saturated rings. The predicted molar refractivity (Wildman–Crippen MR) is 74.6 cm³/mol. The number of rotatable bonds is 3. The zero-order valence-electron chi connectivity index (χ0n) is 11.6. The van der Waals surface area contributed by atoms with Crippen molar-refractivity contribution < 1.29 is 9.53 Å². The van der Waals surface area contributed by atoms with E-state index in [1.807, 2.05) is 42.2 Å². The molecule has 19 heavy (non-hydrogen) atoms. The highest BCUT2D eigenvalue weighted by atomic mass is 16.5. The van der Waals surface area contributed by atoms with E-state index in [2.05, 4.69) is 6.92 Å². The van der Waals surface area contributed by atoms with Crippen molar-refractivity contribution in [1.82, 2.24) is 4.90 Å². The molecule has 104 valence electrons. The Bertz CT molecular complexity index is 421. The van der Waals surface area contributed by atoms with Crippen LogP contribution >= 0.6 is 0 Å². The van der Waals surface area contributed by atoms with Crippen LogP contribution in [0.1, 0.15) is 31.9 Å². The lowest BCUT2D eigenvalue weighted by Crippen LogP contribution is -2.51. The first-order valence-corrected chi connectivity index (χ1v) is 6.86. The summed E-state index contributed by atoms with van der Waals surface area (Å²) in [4.78, 5) is 14.3. The molecule has 2 N–H and O–H groups in total. The summed E-state index contributed by atoms with van der Waals surface area (Å²) in [6.45, 7) is 5.33. The first kappa shape index (κ1) is 14.0. The van der Waals surface area contributed by atoms with Crippen molar-refractivity contribution in [1.29, 1.82) is 0 Å². The average Bonchev–Trinajstić information content (AvgIpc) is 2.46. The van der Waals surface area contributed by atoms with Gasteiger partial charge in [0.2, 0.25) is 5.91 Å². The Hall–Kier alpha value is -1.39. The summed E-state index contributed by atoms with van der Waals surface area (Å²) in [5, 5.41) is 0. The molecule has 0 bridgehead atoms. The van der Waals surface area contributed by atoms with E-state index in [0.29, 0.717) is 13.1 Å². The molecule has 0 aromatic heterocycles. The van der Waals surface area contributed by atoms with E-state index in [0.717, 1.165) is 12.0 Å². The van der Waals surface area contributed by atoms with Crippen LogP contribution in [0.5, 0.6) is 0 Å². The third-order valence-corrected chi connectivity index (χ3v) is 3.52. The molecule has 1 aromatic carbocycles. The SMILES string of the molecule is CCC1CN(C(=O)C(N)c2ccccc2)CC(C)O1. The Morgan fingerprint density at radius 2 is 2.11 bits per heavy atom. The molecule has 1 amide bonds. The van der Waals surface area contributed by atoms with Crippen molar-refractivity contribution in [2.24, 2.45) is 5.73 Å². The molecule has 1 aromatic rings. The van der Waals surface area contributed by atoms with Crippen molar-refractivity contribution in [2.75, 3.05) is 13.1 Å².